The van der Waals surface area contributed by atoms with Crippen molar-refractivity contribution >= 4 is 5.78 Å². The van der Waals surface area contributed by atoms with Gasteiger partial charge in [-0.3, -0.25) is 4.79 Å². The van der Waals surface area contributed by atoms with E-state index in [0.29, 0.717) is 23.7 Å². The zero-order chi connectivity index (χ0) is 10.3. The maximum atomic E-state index is 11.9. The first kappa shape index (κ1) is 9.75. The van der Waals surface area contributed by atoms with Gasteiger partial charge >= 0.3 is 0 Å². The smallest absolute Gasteiger partial charge is 0.200 e. The van der Waals surface area contributed by atoms with Crippen molar-refractivity contribution in [2.24, 2.45) is 17.3 Å². The van der Waals surface area contributed by atoms with Crippen molar-refractivity contribution in [2.45, 2.75) is 33.6 Å². The van der Waals surface area contributed by atoms with E-state index in [-0.39, 0.29) is 11.7 Å². The number of ether oxygens (including phenoxy) is 1. The minimum absolute atomic E-state index is 0.214. The van der Waals surface area contributed by atoms with E-state index < -0.39 is 0 Å². The van der Waals surface area contributed by atoms with E-state index in [2.05, 4.69) is 13.8 Å². The highest BCUT2D eigenvalue weighted by Crippen LogP contribution is 2.50. The number of carbonyl (C=O) groups excluding carboxylic acids is 1. The molecule has 2 rings (SSSR count). The lowest BCUT2D eigenvalue weighted by molar-refractivity contribution is -0.122. The van der Waals surface area contributed by atoms with Gasteiger partial charge in [0.2, 0.25) is 5.78 Å². The van der Waals surface area contributed by atoms with Crippen LogP contribution in [0.1, 0.15) is 33.6 Å². The van der Waals surface area contributed by atoms with Gasteiger partial charge in [0.1, 0.15) is 0 Å². The molecule has 14 heavy (non-hydrogen) atoms. The van der Waals surface area contributed by atoms with Crippen LogP contribution in [0.5, 0.6) is 0 Å². The Morgan fingerprint density at radius 1 is 1.50 bits per heavy atom. The summed E-state index contributed by atoms with van der Waals surface area (Å²) in [6, 6.07) is 0. The maximum Gasteiger partial charge on any atom is 0.200 e. The molecule has 0 radical (unpaired) electrons. The summed E-state index contributed by atoms with van der Waals surface area (Å²) in [5.74, 6) is 1.52. The summed E-state index contributed by atoms with van der Waals surface area (Å²) in [6.45, 7) is 7.01. The fourth-order valence-corrected chi connectivity index (χ4v) is 2.81. The molecule has 0 bridgehead atoms. The van der Waals surface area contributed by atoms with Gasteiger partial charge in [-0.1, -0.05) is 13.8 Å². The number of ketones is 1. The van der Waals surface area contributed by atoms with Gasteiger partial charge in [-0.15, -0.1) is 0 Å². The third-order valence-corrected chi connectivity index (χ3v) is 3.32. The molecule has 0 saturated heterocycles. The SMILES string of the molecule is CCOC1=C[C@H]2CC(C)(C)C[C@H]2C1=O. The molecule has 2 aliphatic carbocycles. The predicted octanol–water partition coefficient (Wildman–Crippen LogP) is 2.54. The molecule has 2 nitrogen and oxygen atoms in total. The average molecular weight is 194 g/mol. The van der Waals surface area contributed by atoms with Gasteiger partial charge in [-0.05, 0) is 37.2 Å². The van der Waals surface area contributed by atoms with Gasteiger partial charge in [-0.25, -0.2) is 0 Å². The molecular formula is C12H18O2. The van der Waals surface area contributed by atoms with Crippen LogP contribution >= 0.6 is 0 Å². The molecule has 0 N–H and O–H groups in total. The molecule has 1 fully saturated rings. The topological polar surface area (TPSA) is 26.3 Å². The number of carbonyl (C=O) groups is 1. The third kappa shape index (κ3) is 1.47. The van der Waals surface area contributed by atoms with Crippen LogP contribution in [0.25, 0.3) is 0 Å². The monoisotopic (exact) mass is 194 g/mol. The van der Waals surface area contributed by atoms with Crippen LogP contribution in [0.2, 0.25) is 0 Å². The van der Waals surface area contributed by atoms with Gasteiger partial charge in [0.05, 0.1) is 6.61 Å². The number of rotatable bonds is 2. The van der Waals surface area contributed by atoms with Gasteiger partial charge < -0.3 is 4.74 Å². The van der Waals surface area contributed by atoms with E-state index in [1.165, 1.54) is 0 Å². The second-order valence-electron chi connectivity index (χ2n) is 5.17. The normalized spacial score (nSPS) is 34.2. The largest absolute Gasteiger partial charge is 0.490 e. The summed E-state index contributed by atoms with van der Waals surface area (Å²) >= 11 is 0. The summed E-state index contributed by atoms with van der Waals surface area (Å²) in [4.78, 5) is 11.9. The Hall–Kier alpha value is -0.790. The quantitative estimate of drug-likeness (QED) is 0.675. The molecule has 0 aromatic heterocycles. The van der Waals surface area contributed by atoms with Crippen LogP contribution in [0.15, 0.2) is 11.8 Å². The van der Waals surface area contributed by atoms with Crippen molar-refractivity contribution in [1.82, 2.24) is 0 Å². The molecule has 0 spiro atoms. The van der Waals surface area contributed by atoms with Gasteiger partial charge in [0, 0.05) is 5.92 Å². The lowest BCUT2D eigenvalue weighted by Crippen LogP contribution is -2.15. The standard InChI is InChI=1S/C12H18O2/c1-4-14-10-5-8-6-12(2,3)7-9(8)11(10)13/h5,8-9H,4,6-7H2,1-3H3/t8-,9+/m0/s1. The third-order valence-electron chi connectivity index (χ3n) is 3.32. The highest BCUT2D eigenvalue weighted by molar-refractivity contribution is 5.98. The van der Waals surface area contributed by atoms with Gasteiger partial charge in [-0.2, -0.15) is 0 Å². The minimum Gasteiger partial charge on any atom is -0.490 e. The molecule has 0 aliphatic heterocycles. The van der Waals surface area contributed by atoms with E-state index in [4.69, 9.17) is 4.74 Å². The van der Waals surface area contributed by atoms with Crippen LogP contribution in [0.3, 0.4) is 0 Å². The van der Waals surface area contributed by atoms with Crippen molar-refractivity contribution < 1.29 is 9.53 Å². The Morgan fingerprint density at radius 3 is 2.79 bits per heavy atom. The Kier molecular flexibility index (Phi) is 2.17. The Bertz CT molecular complexity index is 289. The van der Waals surface area contributed by atoms with Gasteiger partial charge in [0.25, 0.3) is 0 Å². The van der Waals surface area contributed by atoms with Gasteiger partial charge in [0.15, 0.2) is 5.76 Å². The first-order valence-electron chi connectivity index (χ1n) is 5.42. The van der Waals surface area contributed by atoms with E-state index in [1.807, 2.05) is 13.0 Å². The molecule has 0 aromatic rings. The second-order valence-corrected chi connectivity index (χ2v) is 5.17. The first-order chi connectivity index (χ1) is 6.53. The second kappa shape index (κ2) is 3.11. The fraction of sp³-hybridized carbons (Fsp3) is 0.750. The Labute approximate surface area is 85.3 Å². The van der Waals surface area contributed by atoms with Crippen molar-refractivity contribution in [3.8, 4) is 0 Å². The van der Waals surface area contributed by atoms with E-state index >= 15 is 0 Å². The van der Waals surface area contributed by atoms with Crippen LogP contribution in [0, 0.1) is 17.3 Å². The van der Waals surface area contributed by atoms with Crippen LogP contribution < -0.4 is 0 Å². The van der Waals surface area contributed by atoms with Crippen molar-refractivity contribution in [2.75, 3.05) is 6.61 Å². The predicted molar refractivity (Wildman–Crippen MR) is 54.7 cm³/mol. The van der Waals surface area contributed by atoms with Crippen molar-refractivity contribution in [3.63, 3.8) is 0 Å². The fourth-order valence-electron chi connectivity index (χ4n) is 2.81. The van der Waals surface area contributed by atoms with E-state index in [1.54, 1.807) is 0 Å². The molecule has 2 aliphatic rings. The zero-order valence-corrected chi connectivity index (χ0v) is 9.17. The molecule has 0 aromatic carbocycles. The van der Waals surface area contributed by atoms with E-state index in [9.17, 15) is 4.79 Å². The van der Waals surface area contributed by atoms with E-state index in [0.717, 1.165) is 12.8 Å². The summed E-state index contributed by atoms with van der Waals surface area (Å²) < 4.78 is 5.33. The molecule has 1 saturated carbocycles. The summed E-state index contributed by atoms with van der Waals surface area (Å²) in [7, 11) is 0. The molecule has 2 heteroatoms. The molecule has 78 valence electrons. The number of fused-ring (bicyclic) bond motifs is 1. The summed E-state index contributed by atoms with van der Waals surface area (Å²) in [5, 5.41) is 0. The lowest BCUT2D eigenvalue weighted by Gasteiger charge is -2.17. The first-order valence-corrected chi connectivity index (χ1v) is 5.42. The van der Waals surface area contributed by atoms with Crippen molar-refractivity contribution in [1.29, 1.82) is 0 Å². The molecular weight excluding hydrogens is 176 g/mol. The van der Waals surface area contributed by atoms with Crippen molar-refractivity contribution in [3.05, 3.63) is 11.8 Å². The van der Waals surface area contributed by atoms with Crippen LogP contribution in [-0.4, -0.2) is 12.4 Å². The number of hydrogen-bond acceptors (Lipinski definition) is 2. The highest BCUT2D eigenvalue weighted by atomic mass is 16.5. The molecule has 0 amide bonds. The number of hydrogen-bond donors (Lipinski definition) is 0. The summed E-state index contributed by atoms with van der Waals surface area (Å²) in [6.07, 6.45) is 4.19. The molecule has 0 heterocycles. The highest BCUT2D eigenvalue weighted by Gasteiger charge is 2.47. The maximum absolute atomic E-state index is 11.9. The molecule has 0 unspecified atom stereocenters. The van der Waals surface area contributed by atoms with Crippen LogP contribution in [0.4, 0.5) is 0 Å². The summed E-state index contributed by atoms with van der Waals surface area (Å²) in [5.41, 5.74) is 0.333. The zero-order valence-electron chi connectivity index (χ0n) is 9.17. The lowest BCUT2D eigenvalue weighted by atomic mass is 9.89. The molecule has 2 atom stereocenters. The number of allylic oxidation sites excluding steroid dienone is 2. The number of Topliss-reactive ketones (excluding diaryl/α,β-unsaturated/α-hetero) is 1. The average Bonchev–Trinajstić information content (AvgIpc) is 2.50. The minimum atomic E-state index is 0.214. The van der Waals surface area contributed by atoms with Crippen LogP contribution in [-0.2, 0) is 9.53 Å². The Balaban J connectivity index is 2.14. The Morgan fingerprint density at radius 2 is 2.21 bits per heavy atom.